The fourth-order valence-corrected chi connectivity index (χ4v) is 12.0. The summed E-state index contributed by atoms with van der Waals surface area (Å²) in [4.78, 5) is 0. The van der Waals surface area contributed by atoms with Gasteiger partial charge in [-0.2, -0.15) is 0 Å². The summed E-state index contributed by atoms with van der Waals surface area (Å²) in [6.45, 7) is 0. The molecule has 4 heterocycles. The van der Waals surface area contributed by atoms with Crippen LogP contribution in [0.2, 0.25) is 0 Å². The van der Waals surface area contributed by atoms with E-state index in [0.717, 1.165) is 0 Å². The van der Waals surface area contributed by atoms with Gasteiger partial charge in [0.2, 0.25) is 0 Å². The lowest BCUT2D eigenvalue weighted by Crippen LogP contribution is -1.95. The Kier molecular flexibility index (Phi) is 6.79. The number of hydrogen-bond donors (Lipinski definition) is 0. The van der Waals surface area contributed by atoms with Crippen molar-refractivity contribution in [2.75, 3.05) is 0 Å². The Morgan fingerprint density at radius 2 is 0.810 bits per heavy atom. The minimum Gasteiger partial charge on any atom is -0.309 e. The molecule has 13 rings (SSSR count). The Hall–Kier alpha value is -6.98. The monoisotopic (exact) mass is 772 g/mol. The van der Waals surface area contributed by atoms with Crippen LogP contribution in [-0.2, 0) is 0 Å². The molecule has 0 aliphatic heterocycles. The lowest BCUT2D eigenvalue weighted by Gasteiger charge is -2.13. The summed E-state index contributed by atoms with van der Waals surface area (Å²) in [5.41, 5.74) is 12.2. The molecule has 9 aromatic carbocycles. The molecule has 0 amide bonds. The van der Waals surface area contributed by atoms with Crippen molar-refractivity contribution < 1.29 is 0 Å². The second-order valence-electron chi connectivity index (χ2n) is 15.3. The maximum absolute atomic E-state index is 2.51. The van der Waals surface area contributed by atoms with Gasteiger partial charge in [0.25, 0.3) is 0 Å². The molecule has 4 heteroatoms. The average Bonchev–Trinajstić information content (AvgIpc) is 4.04. The van der Waals surface area contributed by atoms with Gasteiger partial charge in [-0.05, 0) is 77.9 Å². The number of para-hydroxylation sites is 3. The molecule has 0 N–H and O–H groups in total. The first kappa shape index (κ1) is 32.1. The van der Waals surface area contributed by atoms with Gasteiger partial charge in [0.05, 0.1) is 22.1 Å². The van der Waals surface area contributed by atoms with Crippen LogP contribution < -0.4 is 0 Å². The first-order valence-electron chi connectivity index (χ1n) is 19.8. The third-order valence-electron chi connectivity index (χ3n) is 12.1. The standard InChI is InChI=1S/C54H32N2S2/c1-2-13-35(14-3-1)55-48-22-9-5-16-38(48)44-29-33(26-28-49(44)55)34-25-27-39-37-15-4-8-21-47(37)56(50(39)30-34)36-31-45-41-18-7-11-24-52(41)58-54(45)46(32-36)43-20-12-19-42-40-17-6-10-23-51(40)57-53(42)43/h1-32H. The third-order valence-corrected chi connectivity index (χ3v) is 14.5. The Balaban J connectivity index is 1.07. The highest BCUT2D eigenvalue weighted by molar-refractivity contribution is 7.27. The average molecular weight is 773 g/mol. The zero-order chi connectivity index (χ0) is 37.9. The van der Waals surface area contributed by atoms with E-state index in [2.05, 4.69) is 203 Å². The molecule has 270 valence electrons. The fraction of sp³-hybridized carbons (Fsp3) is 0. The predicted molar refractivity (Wildman–Crippen MR) is 252 cm³/mol. The van der Waals surface area contributed by atoms with E-state index in [1.807, 2.05) is 22.7 Å². The van der Waals surface area contributed by atoms with Crippen LogP contribution >= 0.6 is 22.7 Å². The van der Waals surface area contributed by atoms with Gasteiger partial charge in [-0.15, -0.1) is 22.7 Å². The normalized spacial score (nSPS) is 12.1. The zero-order valence-electron chi connectivity index (χ0n) is 31.2. The van der Waals surface area contributed by atoms with E-state index in [-0.39, 0.29) is 0 Å². The number of thiophene rings is 2. The molecule has 13 aromatic rings. The highest BCUT2D eigenvalue weighted by atomic mass is 32.1. The first-order chi connectivity index (χ1) is 28.8. The number of benzene rings is 9. The molecule has 4 aromatic heterocycles. The van der Waals surface area contributed by atoms with Gasteiger partial charge in [-0.25, -0.2) is 0 Å². The molecule has 0 radical (unpaired) electrons. The van der Waals surface area contributed by atoms with Crippen LogP contribution in [0.1, 0.15) is 0 Å². The molecule has 0 aliphatic rings. The lowest BCUT2D eigenvalue weighted by molar-refractivity contribution is 1.18. The SMILES string of the molecule is c1ccc(-n2c3ccccc3c3cc(-c4ccc5c6ccccc6n(-c6cc(-c7cccc8c7sc7ccccc78)c7sc8ccccc8c7c6)c5c4)ccc32)cc1. The Morgan fingerprint density at radius 3 is 1.57 bits per heavy atom. The number of fused-ring (bicyclic) bond motifs is 12. The first-order valence-corrected chi connectivity index (χ1v) is 21.4. The molecule has 0 bridgehead atoms. The highest BCUT2D eigenvalue weighted by Crippen LogP contribution is 2.47. The van der Waals surface area contributed by atoms with E-state index in [4.69, 9.17) is 0 Å². The fourth-order valence-electron chi connectivity index (χ4n) is 9.54. The van der Waals surface area contributed by atoms with Crippen LogP contribution in [0.25, 0.3) is 118 Å². The summed E-state index contributed by atoms with van der Waals surface area (Å²) in [5, 5.41) is 10.3. The molecule has 0 saturated carbocycles. The van der Waals surface area contributed by atoms with Gasteiger partial charge in [-0.3, -0.25) is 0 Å². The van der Waals surface area contributed by atoms with E-state index in [9.17, 15) is 0 Å². The number of nitrogens with zero attached hydrogens (tertiary/aromatic N) is 2. The second kappa shape index (κ2) is 12.3. The molecular formula is C54H32N2S2. The minimum absolute atomic E-state index is 1.17. The summed E-state index contributed by atoms with van der Waals surface area (Å²) >= 11 is 3.81. The van der Waals surface area contributed by atoms with Gasteiger partial charge in [0.15, 0.2) is 0 Å². The quantitative estimate of drug-likeness (QED) is 0.169. The molecule has 0 spiro atoms. The predicted octanol–water partition coefficient (Wildman–Crippen LogP) is 16.0. The summed E-state index contributed by atoms with van der Waals surface area (Å²) in [5.74, 6) is 0. The molecular weight excluding hydrogens is 741 g/mol. The van der Waals surface area contributed by atoms with Gasteiger partial charge in [0, 0.05) is 84.4 Å². The van der Waals surface area contributed by atoms with Crippen molar-refractivity contribution in [1.29, 1.82) is 0 Å². The summed E-state index contributed by atoms with van der Waals surface area (Å²) in [6, 6.07) is 71.9. The minimum atomic E-state index is 1.17. The summed E-state index contributed by atoms with van der Waals surface area (Å²) in [7, 11) is 0. The van der Waals surface area contributed by atoms with Crippen LogP contribution in [0, 0.1) is 0 Å². The van der Waals surface area contributed by atoms with E-state index < -0.39 is 0 Å². The second-order valence-corrected chi connectivity index (χ2v) is 17.4. The van der Waals surface area contributed by atoms with Crippen molar-refractivity contribution in [3.63, 3.8) is 0 Å². The van der Waals surface area contributed by atoms with Crippen LogP contribution in [0.5, 0.6) is 0 Å². The molecule has 0 unspecified atom stereocenters. The van der Waals surface area contributed by atoms with Gasteiger partial charge in [0.1, 0.15) is 0 Å². The molecule has 0 saturated heterocycles. The number of aromatic nitrogens is 2. The van der Waals surface area contributed by atoms with Crippen molar-refractivity contribution in [2.45, 2.75) is 0 Å². The lowest BCUT2D eigenvalue weighted by atomic mass is 9.99. The van der Waals surface area contributed by atoms with Gasteiger partial charge in [-0.1, -0.05) is 127 Å². The molecule has 0 atom stereocenters. The summed E-state index contributed by atoms with van der Waals surface area (Å²) in [6.07, 6.45) is 0. The molecule has 0 aliphatic carbocycles. The Morgan fingerprint density at radius 1 is 0.276 bits per heavy atom. The van der Waals surface area contributed by atoms with Crippen LogP contribution in [0.4, 0.5) is 0 Å². The van der Waals surface area contributed by atoms with Crippen LogP contribution in [-0.4, -0.2) is 9.13 Å². The number of hydrogen-bond acceptors (Lipinski definition) is 2. The van der Waals surface area contributed by atoms with Crippen molar-refractivity contribution in [3.05, 3.63) is 194 Å². The molecule has 0 fully saturated rings. The number of rotatable bonds is 4. The van der Waals surface area contributed by atoms with Crippen LogP contribution in [0.3, 0.4) is 0 Å². The third kappa shape index (κ3) is 4.58. The van der Waals surface area contributed by atoms with Crippen LogP contribution in [0.15, 0.2) is 194 Å². The smallest absolute Gasteiger partial charge is 0.0547 e. The van der Waals surface area contributed by atoms with Crippen molar-refractivity contribution in [2.24, 2.45) is 0 Å². The maximum atomic E-state index is 2.51. The van der Waals surface area contributed by atoms with Crippen molar-refractivity contribution >= 4 is 107 Å². The Labute approximate surface area is 341 Å². The van der Waals surface area contributed by atoms with Gasteiger partial charge >= 0.3 is 0 Å². The maximum Gasteiger partial charge on any atom is 0.0547 e. The summed E-state index contributed by atoms with van der Waals surface area (Å²) < 4.78 is 10.2. The van der Waals surface area contributed by atoms with Crippen molar-refractivity contribution in [3.8, 4) is 33.6 Å². The van der Waals surface area contributed by atoms with Crippen molar-refractivity contribution in [1.82, 2.24) is 9.13 Å². The molecule has 2 nitrogen and oxygen atoms in total. The molecule has 58 heavy (non-hydrogen) atoms. The van der Waals surface area contributed by atoms with E-state index in [1.165, 1.54) is 118 Å². The highest BCUT2D eigenvalue weighted by Gasteiger charge is 2.20. The topological polar surface area (TPSA) is 9.86 Å². The zero-order valence-corrected chi connectivity index (χ0v) is 32.8. The van der Waals surface area contributed by atoms with E-state index in [1.54, 1.807) is 0 Å². The van der Waals surface area contributed by atoms with E-state index >= 15 is 0 Å². The Bertz CT molecular complexity index is 3800. The van der Waals surface area contributed by atoms with Gasteiger partial charge < -0.3 is 9.13 Å². The largest absolute Gasteiger partial charge is 0.309 e. The van der Waals surface area contributed by atoms with E-state index in [0.29, 0.717) is 0 Å².